The Morgan fingerprint density at radius 2 is 2.24 bits per heavy atom. The zero-order chi connectivity index (χ0) is 18.1. The first-order chi connectivity index (χ1) is 12.2. The summed E-state index contributed by atoms with van der Waals surface area (Å²) < 4.78 is 5.18. The van der Waals surface area contributed by atoms with E-state index < -0.39 is 0 Å². The second kappa shape index (κ2) is 10.5. The van der Waals surface area contributed by atoms with Crippen LogP contribution in [-0.2, 0) is 6.42 Å². The maximum atomic E-state index is 6.29. The van der Waals surface area contributed by atoms with Crippen LogP contribution >= 0.6 is 11.6 Å². The van der Waals surface area contributed by atoms with E-state index in [1.54, 1.807) is 7.11 Å². The third-order valence-electron chi connectivity index (χ3n) is 4.78. The van der Waals surface area contributed by atoms with E-state index in [0.717, 1.165) is 48.4 Å². The summed E-state index contributed by atoms with van der Waals surface area (Å²) in [7, 11) is 3.46. The zero-order valence-electron chi connectivity index (χ0n) is 15.6. The molecule has 1 aromatic rings. The predicted molar refractivity (Wildman–Crippen MR) is 106 cm³/mol. The summed E-state index contributed by atoms with van der Waals surface area (Å²) in [4.78, 5) is 6.85. The Kier molecular flexibility index (Phi) is 8.35. The van der Waals surface area contributed by atoms with Crippen molar-refractivity contribution in [2.45, 2.75) is 26.2 Å². The van der Waals surface area contributed by atoms with Crippen molar-refractivity contribution in [1.82, 2.24) is 15.5 Å². The summed E-state index contributed by atoms with van der Waals surface area (Å²) in [6.07, 6.45) is 3.43. The minimum absolute atomic E-state index is 0.697. The third kappa shape index (κ3) is 6.40. The molecule has 1 heterocycles. The van der Waals surface area contributed by atoms with Gasteiger partial charge in [-0.15, -0.1) is 0 Å². The van der Waals surface area contributed by atoms with Crippen LogP contribution in [0, 0.1) is 5.92 Å². The smallest absolute Gasteiger partial charge is 0.190 e. The highest BCUT2D eigenvalue weighted by atomic mass is 35.5. The van der Waals surface area contributed by atoms with E-state index in [1.807, 2.05) is 25.2 Å². The molecule has 1 aliphatic rings. The summed E-state index contributed by atoms with van der Waals surface area (Å²) in [5, 5.41) is 7.58. The number of aliphatic imine (C=N–C) groups is 1. The highest BCUT2D eigenvalue weighted by molar-refractivity contribution is 6.31. The number of guanidine groups is 1. The Hall–Kier alpha value is -1.46. The van der Waals surface area contributed by atoms with Gasteiger partial charge < -0.3 is 20.3 Å². The van der Waals surface area contributed by atoms with Gasteiger partial charge in [-0.3, -0.25) is 4.99 Å². The first-order valence-electron chi connectivity index (χ1n) is 9.15. The minimum atomic E-state index is 0.697. The van der Waals surface area contributed by atoms with Crippen LogP contribution in [0.3, 0.4) is 0 Å². The Morgan fingerprint density at radius 3 is 2.92 bits per heavy atom. The van der Waals surface area contributed by atoms with Crippen molar-refractivity contribution < 1.29 is 4.74 Å². The molecule has 0 aromatic heterocycles. The number of nitrogens with zero attached hydrogens (tertiary/aromatic N) is 2. The molecule has 0 bridgehead atoms. The number of benzene rings is 1. The van der Waals surface area contributed by atoms with Crippen molar-refractivity contribution in [3.05, 3.63) is 28.8 Å². The van der Waals surface area contributed by atoms with Crippen molar-refractivity contribution in [3.63, 3.8) is 0 Å². The fourth-order valence-corrected chi connectivity index (χ4v) is 3.51. The molecule has 0 aliphatic carbocycles. The second-order valence-corrected chi connectivity index (χ2v) is 6.90. The molecule has 5 nitrogen and oxygen atoms in total. The number of hydrogen-bond acceptors (Lipinski definition) is 3. The summed E-state index contributed by atoms with van der Waals surface area (Å²) in [5.74, 6) is 2.34. The lowest BCUT2D eigenvalue weighted by Crippen LogP contribution is -2.44. The summed E-state index contributed by atoms with van der Waals surface area (Å²) in [5.41, 5.74) is 1.11. The van der Waals surface area contributed by atoms with Crippen molar-refractivity contribution in [3.8, 4) is 5.75 Å². The van der Waals surface area contributed by atoms with E-state index in [1.165, 1.54) is 25.9 Å². The molecule has 1 aliphatic heterocycles. The number of halogens is 1. The van der Waals surface area contributed by atoms with Gasteiger partial charge in [-0.25, -0.2) is 0 Å². The number of ether oxygens (including phenoxy) is 1. The lowest BCUT2D eigenvalue weighted by atomic mass is 9.98. The Labute approximate surface area is 156 Å². The first-order valence-corrected chi connectivity index (χ1v) is 9.53. The lowest BCUT2D eigenvalue weighted by molar-refractivity contribution is 0.183. The predicted octanol–water partition coefficient (Wildman–Crippen LogP) is 2.79. The zero-order valence-corrected chi connectivity index (χ0v) is 16.4. The van der Waals surface area contributed by atoms with Gasteiger partial charge in [0.15, 0.2) is 5.96 Å². The fraction of sp³-hybridized carbons (Fsp3) is 0.632. The van der Waals surface area contributed by atoms with Crippen LogP contribution in [0.1, 0.15) is 25.3 Å². The highest BCUT2D eigenvalue weighted by Gasteiger charge is 2.18. The molecular formula is C19H31ClN4O. The van der Waals surface area contributed by atoms with Crippen LogP contribution in [-0.4, -0.2) is 57.7 Å². The standard InChI is InChI=1S/C19H31ClN4O/c1-4-24-11-5-6-15(14-24)13-23-19(21-2)22-10-9-16-7-8-17(25-3)12-18(16)20/h7-8,12,15H,4-6,9-11,13-14H2,1-3H3,(H2,21,22,23). The first kappa shape index (κ1) is 19.9. The summed E-state index contributed by atoms with van der Waals surface area (Å²) in [6.45, 7) is 7.56. The van der Waals surface area contributed by atoms with Gasteiger partial charge in [-0.2, -0.15) is 0 Å². The van der Waals surface area contributed by atoms with E-state index in [9.17, 15) is 0 Å². The minimum Gasteiger partial charge on any atom is -0.497 e. The molecule has 0 amide bonds. The van der Waals surface area contributed by atoms with E-state index in [4.69, 9.17) is 16.3 Å². The topological polar surface area (TPSA) is 48.9 Å². The van der Waals surface area contributed by atoms with Gasteiger partial charge in [-0.05, 0) is 56.0 Å². The van der Waals surface area contributed by atoms with Crippen molar-refractivity contribution in [2.75, 3.05) is 46.9 Å². The monoisotopic (exact) mass is 366 g/mol. The van der Waals surface area contributed by atoms with E-state index in [2.05, 4.69) is 27.4 Å². The van der Waals surface area contributed by atoms with Gasteiger partial charge in [0.25, 0.3) is 0 Å². The van der Waals surface area contributed by atoms with Gasteiger partial charge in [-0.1, -0.05) is 24.6 Å². The number of rotatable bonds is 7. The molecular weight excluding hydrogens is 336 g/mol. The van der Waals surface area contributed by atoms with Gasteiger partial charge in [0.05, 0.1) is 7.11 Å². The molecule has 0 saturated carbocycles. The second-order valence-electron chi connectivity index (χ2n) is 6.49. The maximum absolute atomic E-state index is 6.29. The number of likely N-dealkylation sites (tertiary alicyclic amines) is 1. The van der Waals surface area contributed by atoms with Crippen LogP contribution in [0.5, 0.6) is 5.75 Å². The van der Waals surface area contributed by atoms with Crippen LogP contribution in [0.2, 0.25) is 5.02 Å². The van der Waals surface area contributed by atoms with Gasteiger partial charge in [0.1, 0.15) is 5.75 Å². The van der Waals surface area contributed by atoms with Crippen LogP contribution < -0.4 is 15.4 Å². The fourth-order valence-electron chi connectivity index (χ4n) is 3.24. The summed E-state index contributed by atoms with van der Waals surface area (Å²) in [6, 6.07) is 5.81. The van der Waals surface area contributed by atoms with Gasteiger partial charge >= 0.3 is 0 Å². The molecule has 1 saturated heterocycles. The van der Waals surface area contributed by atoms with Crippen LogP contribution in [0.25, 0.3) is 0 Å². The average Bonchev–Trinajstić information content (AvgIpc) is 2.65. The molecule has 6 heteroatoms. The van der Waals surface area contributed by atoms with Crippen molar-refractivity contribution in [2.24, 2.45) is 10.9 Å². The van der Waals surface area contributed by atoms with E-state index in [0.29, 0.717) is 5.92 Å². The van der Waals surface area contributed by atoms with Gasteiger partial charge in [0, 0.05) is 31.7 Å². The Balaban J connectivity index is 1.73. The van der Waals surface area contributed by atoms with Crippen molar-refractivity contribution >= 4 is 17.6 Å². The molecule has 1 unspecified atom stereocenters. The SMILES string of the molecule is CCN1CCCC(CNC(=NC)NCCc2ccc(OC)cc2Cl)C1. The van der Waals surface area contributed by atoms with Crippen LogP contribution in [0.15, 0.2) is 23.2 Å². The third-order valence-corrected chi connectivity index (χ3v) is 5.13. The van der Waals surface area contributed by atoms with E-state index >= 15 is 0 Å². The molecule has 1 atom stereocenters. The van der Waals surface area contributed by atoms with E-state index in [-0.39, 0.29) is 0 Å². The lowest BCUT2D eigenvalue weighted by Gasteiger charge is -2.32. The number of methoxy groups -OCH3 is 1. The molecule has 2 N–H and O–H groups in total. The quantitative estimate of drug-likeness (QED) is 0.575. The number of hydrogen-bond donors (Lipinski definition) is 2. The van der Waals surface area contributed by atoms with Gasteiger partial charge in [0.2, 0.25) is 0 Å². The molecule has 25 heavy (non-hydrogen) atoms. The largest absolute Gasteiger partial charge is 0.497 e. The summed E-state index contributed by atoms with van der Waals surface area (Å²) >= 11 is 6.29. The molecule has 1 aromatic carbocycles. The average molecular weight is 367 g/mol. The van der Waals surface area contributed by atoms with Crippen molar-refractivity contribution in [1.29, 1.82) is 0 Å². The molecule has 0 radical (unpaired) electrons. The molecule has 140 valence electrons. The van der Waals surface area contributed by atoms with Crippen LogP contribution in [0.4, 0.5) is 0 Å². The maximum Gasteiger partial charge on any atom is 0.190 e. The number of piperidine rings is 1. The molecule has 2 rings (SSSR count). The number of nitrogens with one attached hydrogen (secondary N) is 2. The molecule has 1 fully saturated rings. The Morgan fingerprint density at radius 1 is 1.40 bits per heavy atom. The molecule has 0 spiro atoms. The Bertz CT molecular complexity index is 564. The highest BCUT2D eigenvalue weighted by Crippen LogP contribution is 2.22. The normalized spacial score (nSPS) is 18.9.